The van der Waals surface area contributed by atoms with E-state index in [0.717, 1.165) is 50.3 Å². The van der Waals surface area contributed by atoms with Gasteiger partial charge in [0.25, 0.3) is 0 Å². The van der Waals surface area contributed by atoms with E-state index in [1.54, 1.807) is 6.20 Å². The summed E-state index contributed by atoms with van der Waals surface area (Å²) in [5.74, 6) is 1.77. The van der Waals surface area contributed by atoms with Gasteiger partial charge in [-0.05, 0) is 51.3 Å². The number of hydrogen-bond donors (Lipinski definition) is 2. The van der Waals surface area contributed by atoms with Crippen molar-refractivity contribution in [2.75, 3.05) is 44.7 Å². The van der Waals surface area contributed by atoms with E-state index in [1.165, 1.54) is 32.4 Å². The molecule has 7 heteroatoms. The van der Waals surface area contributed by atoms with E-state index < -0.39 is 0 Å². The van der Waals surface area contributed by atoms with Gasteiger partial charge in [-0.15, -0.1) is 0 Å². The van der Waals surface area contributed by atoms with Gasteiger partial charge >= 0.3 is 0 Å². The van der Waals surface area contributed by atoms with Crippen molar-refractivity contribution in [3.05, 3.63) is 23.4 Å². The first kappa shape index (κ1) is 20.2. The number of rotatable bonds is 6. The first-order chi connectivity index (χ1) is 13.2. The fraction of sp³-hybridized carbons (Fsp3) is 0.700. The summed E-state index contributed by atoms with van der Waals surface area (Å²) in [5, 5.41) is 7.73. The highest BCUT2D eigenvalue weighted by molar-refractivity contribution is 6.32. The number of pyridine rings is 1. The number of aliphatic imine (C=N–C) groups is 1. The van der Waals surface area contributed by atoms with E-state index in [0.29, 0.717) is 11.1 Å². The lowest BCUT2D eigenvalue weighted by atomic mass is 10.0. The third-order valence-corrected chi connectivity index (χ3v) is 5.94. The van der Waals surface area contributed by atoms with Crippen molar-refractivity contribution in [2.24, 2.45) is 4.99 Å². The van der Waals surface area contributed by atoms with Crippen LogP contribution in [0.5, 0.6) is 0 Å². The molecule has 1 aromatic rings. The zero-order valence-electron chi connectivity index (χ0n) is 16.6. The molecule has 0 spiro atoms. The molecule has 3 rings (SSSR count). The Morgan fingerprint density at radius 3 is 3.00 bits per heavy atom. The lowest BCUT2D eigenvalue weighted by Crippen LogP contribution is -2.45. The van der Waals surface area contributed by atoms with Crippen molar-refractivity contribution in [1.29, 1.82) is 0 Å². The van der Waals surface area contributed by atoms with Crippen molar-refractivity contribution in [3.8, 4) is 0 Å². The summed E-state index contributed by atoms with van der Waals surface area (Å²) in [6, 6.07) is 4.86. The molecule has 2 unspecified atom stereocenters. The van der Waals surface area contributed by atoms with Gasteiger partial charge in [0.05, 0.1) is 5.02 Å². The molecule has 150 valence electrons. The number of piperidine rings is 1. The number of aromatic nitrogens is 1. The molecule has 2 aliphatic rings. The molecule has 2 atom stereocenters. The molecule has 2 saturated heterocycles. The van der Waals surface area contributed by atoms with Crippen LogP contribution in [0.3, 0.4) is 0 Å². The third kappa shape index (κ3) is 5.72. The summed E-state index contributed by atoms with van der Waals surface area (Å²) in [6.07, 6.45) is 8.07. The first-order valence-electron chi connectivity index (χ1n) is 10.2. The number of halogens is 1. The molecule has 0 bridgehead atoms. The number of anilines is 1. The van der Waals surface area contributed by atoms with Crippen molar-refractivity contribution in [2.45, 2.75) is 51.1 Å². The van der Waals surface area contributed by atoms with Gasteiger partial charge in [-0.1, -0.05) is 18.0 Å². The van der Waals surface area contributed by atoms with E-state index in [4.69, 9.17) is 11.6 Å². The molecular formula is C20H33ClN6. The quantitative estimate of drug-likeness (QED) is 0.443. The molecule has 6 nitrogen and oxygen atoms in total. The average Bonchev–Trinajstić information content (AvgIpc) is 3.14. The molecule has 3 heterocycles. The third-order valence-electron chi connectivity index (χ3n) is 5.65. The zero-order valence-corrected chi connectivity index (χ0v) is 17.4. The summed E-state index contributed by atoms with van der Waals surface area (Å²) in [7, 11) is 1.84. The van der Waals surface area contributed by atoms with Crippen LogP contribution in [0, 0.1) is 0 Å². The topological polar surface area (TPSA) is 55.8 Å². The summed E-state index contributed by atoms with van der Waals surface area (Å²) in [6.45, 7) is 7.57. The van der Waals surface area contributed by atoms with Crippen LogP contribution < -0.4 is 15.5 Å². The Balaban J connectivity index is 1.38. The highest BCUT2D eigenvalue weighted by Gasteiger charge is 2.25. The summed E-state index contributed by atoms with van der Waals surface area (Å²) in [5.41, 5.74) is 0. The average molecular weight is 393 g/mol. The van der Waals surface area contributed by atoms with Crippen molar-refractivity contribution in [1.82, 2.24) is 20.5 Å². The van der Waals surface area contributed by atoms with Crippen molar-refractivity contribution in [3.63, 3.8) is 0 Å². The van der Waals surface area contributed by atoms with Gasteiger partial charge in [0.1, 0.15) is 5.82 Å². The maximum Gasteiger partial charge on any atom is 0.191 e. The van der Waals surface area contributed by atoms with Crippen molar-refractivity contribution >= 4 is 23.4 Å². The van der Waals surface area contributed by atoms with Crippen molar-refractivity contribution < 1.29 is 0 Å². The SMILES string of the molecule is CN=C(NCCCN1CCCCC1C)NC1CCN(c2ncccc2Cl)C1. The number of nitrogens with zero attached hydrogens (tertiary/aromatic N) is 4. The molecule has 2 fully saturated rings. The minimum atomic E-state index is 0.358. The fourth-order valence-electron chi connectivity index (χ4n) is 4.05. The zero-order chi connectivity index (χ0) is 19.1. The molecule has 0 aromatic carbocycles. The Hall–Kier alpha value is -1.53. The van der Waals surface area contributed by atoms with E-state index in [-0.39, 0.29) is 0 Å². The lowest BCUT2D eigenvalue weighted by Gasteiger charge is -2.33. The Morgan fingerprint density at radius 1 is 1.33 bits per heavy atom. The van der Waals surface area contributed by atoms with Crippen LogP contribution in [0.1, 0.15) is 39.0 Å². The normalized spacial score (nSPS) is 24.3. The fourth-order valence-corrected chi connectivity index (χ4v) is 4.29. The minimum Gasteiger partial charge on any atom is -0.356 e. The molecule has 2 aliphatic heterocycles. The molecule has 2 N–H and O–H groups in total. The molecular weight excluding hydrogens is 360 g/mol. The minimum absolute atomic E-state index is 0.358. The van der Waals surface area contributed by atoms with Crippen LogP contribution in [0.25, 0.3) is 0 Å². The highest BCUT2D eigenvalue weighted by atomic mass is 35.5. The van der Waals surface area contributed by atoms with Gasteiger partial charge in [-0.3, -0.25) is 4.99 Å². The van der Waals surface area contributed by atoms with Crippen LogP contribution in [-0.4, -0.2) is 67.7 Å². The van der Waals surface area contributed by atoms with Crippen LogP contribution in [0.4, 0.5) is 5.82 Å². The van der Waals surface area contributed by atoms with E-state index >= 15 is 0 Å². The van der Waals surface area contributed by atoms with E-state index in [9.17, 15) is 0 Å². The summed E-state index contributed by atoms with van der Waals surface area (Å²) >= 11 is 6.28. The Morgan fingerprint density at radius 2 is 2.22 bits per heavy atom. The van der Waals surface area contributed by atoms with Gasteiger partial charge in [0.2, 0.25) is 0 Å². The predicted octanol–water partition coefficient (Wildman–Crippen LogP) is 2.74. The second-order valence-electron chi connectivity index (χ2n) is 7.62. The molecule has 0 saturated carbocycles. The summed E-state index contributed by atoms with van der Waals surface area (Å²) in [4.78, 5) is 13.7. The predicted molar refractivity (Wildman–Crippen MR) is 114 cm³/mol. The van der Waals surface area contributed by atoms with Gasteiger partial charge in [0, 0.05) is 51.5 Å². The second-order valence-corrected chi connectivity index (χ2v) is 8.03. The number of hydrogen-bond acceptors (Lipinski definition) is 4. The monoisotopic (exact) mass is 392 g/mol. The van der Waals surface area contributed by atoms with Gasteiger partial charge in [0.15, 0.2) is 5.96 Å². The molecule has 0 aliphatic carbocycles. The van der Waals surface area contributed by atoms with Crippen LogP contribution >= 0.6 is 11.6 Å². The second kappa shape index (κ2) is 10.1. The molecule has 27 heavy (non-hydrogen) atoms. The van der Waals surface area contributed by atoms with E-state index in [2.05, 4.69) is 37.3 Å². The van der Waals surface area contributed by atoms with E-state index in [1.807, 2.05) is 19.2 Å². The van der Waals surface area contributed by atoms with Crippen LogP contribution in [0.2, 0.25) is 5.02 Å². The standard InChI is InChI=1S/C20H33ClN6/c1-16-7-3-4-12-26(16)13-6-11-24-20(22-2)25-17-9-14-27(15-17)19-18(21)8-5-10-23-19/h5,8,10,16-17H,3-4,6-7,9,11-15H2,1-2H3,(H2,22,24,25). The maximum absolute atomic E-state index is 6.28. The smallest absolute Gasteiger partial charge is 0.191 e. The largest absolute Gasteiger partial charge is 0.356 e. The number of likely N-dealkylation sites (tertiary alicyclic amines) is 1. The summed E-state index contributed by atoms with van der Waals surface area (Å²) < 4.78 is 0. The Kier molecular flexibility index (Phi) is 7.59. The Labute approximate surface area is 168 Å². The van der Waals surface area contributed by atoms with Gasteiger partial charge in [-0.2, -0.15) is 0 Å². The van der Waals surface area contributed by atoms with Crippen LogP contribution in [0.15, 0.2) is 23.3 Å². The van der Waals surface area contributed by atoms with Gasteiger partial charge in [-0.25, -0.2) is 4.98 Å². The highest BCUT2D eigenvalue weighted by Crippen LogP contribution is 2.25. The molecule has 1 aromatic heterocycles. The van der Waals surface area contributed by atoms with Gasteiger partial charge < -0.3 is 20.4 Å². The molecule has 0 amide bonds. The maximum atomic E-state index is 6.28. The molecule has 0 radical (unpaired) electrons. The number of guanidine groups is 1. The first-order valence-corrected chi connectivity index (χ1v) is 10.6. The number of nitrogens with one attached hydrogen (secondary N) is 2. The van der Waals surface area contributed by atoms with Crippen LogP contribution in [-0.2, 0) is 0 Å². The lowest BCUT2D eigenvalue weighted by molar-refractivity contribution is 0.159. The Bertz CT molecular complexity index is 622.